The minimum Gasteiger partial charge on any atom is -0.381 e. The maximum atomic E-state index is 14.0. The van der Waals surface area contributed by atoms with Crippen LogP contribution in [-0.2, 0) is 20.4 Å². The molecule has 0 unspecified atom stereocenters. The van der Waals surface area contributed by atoms with Gasteiger partial charge in [0.1, 0.15) is 5.82 Å². The standard InChI is InChI=1S/C25H30FNO2/c26-22-11-7-10-21(18-22)25(12-5-2-6-13-25)23(28)27-19-24(14-16-29-17-15-24)20-8-3-1-4-9-20/h1,3-4,7-11,18H,2,5-6,12-17,19H2,(H,27,28). The molecule has 0 atom stereocenters. The van der Waals surface area contributed by atoms with Crippen molar-refractivity contribution in [2.45, 2.75) is 55.8 Å². The van der Waals surface area contributed by atoms with E-state index in [4.69, 9.17) is 4.74 Å². The summed E-state index contributed by atoms with van der Waals surface area (Å²) in [5, 5.41) is 3.30. The highest BCUT2D eigenvalue weighted by molar-refractivity contribution is 5.88. The van der Waals surface area contributed by atoms with Crippen LogP contribution < -0.4 is 5.32 Å². The number of carbonyl (C=O) groups excluding carboxylic acids is 1. The summed E-state index contributed by atoms with van der Waals surface area (Å²) >= 11 is 0. The van der Waals surface area contributed by atoms with Crippen LogP contribution >= 0.6 is 0 Å². The molecule has 2 fully saturated rings. The molecule has 1 heterocycles. The molecule has 2 aromatic carbocycles. The summed E-state index contributed by atoms with van der Waals surface area (Å²) in [6, 6.07) is 17.1. The van der Waals surface area contributed by atoms with Crippen LogP contribution in [0.5, 0.6) is 0 Å². The Labute approximate surface area is 172 Å². The number of hydrogen-bond donors (Lipinski definition) is 1. The van der Waals surface area contributed by atoms with Crippen molar-refractivity contribution in [3.05, 3.63) is 71.5 Å². The van der Waals surface area contributed by atoms with E-state index in [2.05, 4.69) is 29.6 Å². The van der Waals surface area contributed by atoms with E-state index in [1.807, 2.05) is 12.1 Å². The lowest BCUT2D eigenvalue weighted by molar-refractivity contribution is -0.128. The first kappa shape index (κ1) is 20.1. The molecule has 1 saturated heterocycles. The summed E-state index contributed by atoms with van der Waals surface area (Å²) in [6.45, 7) is 2.01. The van der Waals surface area contributed by atoms with Crippen molar-refractivity contribution in [3.63, 3.8) is 0 Å². The normalized spacial score (nSPS) is 20.7. The van der Waals surface area contributed by atoms with Crippen molar-refractivity contribution in [2.24, 2.45) is 0 Å². The maximum absolute atomic E-state index is 14.0. The zero-order valence-corrected chi connectivity index (χ0v) is 17.0. The van der Waals surface area contributed by atoms with Gasteiger partial charge in [-0.1, -0.05) is 61.7 Å². The summed E-state index contributed by atoms with van der Waals surface area (Å²) in [5.74, 6) is -0.227. The Balaban J connectivity index is 1.59. The van der Waals surface area contributed by atoms with Gasteiger partial charge in [0.05, 0.1) is 5.41 Å². The molecule has 1 amide bonds. The molecule has 1 saturated carbocycles. The molecule has 1 N–H and O–H groups in total. The van der Waals surface area contributed by atoms with Crippen molar-refractivity contribution in [2.75, 3.05) is 19.8 Å². The summed E-state index contributed by atoms with van der Waals surface area (Å²) in [7, 11) is 0. The second kappa shape index (κ2) is 8.66. The van der Waals surface area contributed by atoms with Gasteiger partial charge in [0.2, 0.25) is 5.91 Å². The van der Waals surface area contributed by atoms with Crippen LogP contribution in [0.3, 0.4) is 0 Å². The Hall–Kier alpha value is -2.20. The maximum Gasteiger partial charge on any atom is 0.230 e. The van der Waals surface area contributed by atoms with E-state index >= 15 is 0 Å². The first-order valence-corrected chi connectivity index (χ1v) is 10.8. The molecule has 1 aliphatic heterocycles. The van der Waals surface area contributed by atoms with E-state index in [1.54, 1.807) is 12.1 Å². The van der Waals surface area contributed by atoms with Crippen molar-refractivity contribution in [1.82, 2.24) is 5.32 Å². The Morgan fingerprint density at radius 2 is 1.59 bits per heavy atom. The first-order chi connectivity index (χ1) is 14.1. The topological polar surface area (TPSA) is 38.3 Å². The third kappa shape index (κ3) is 4.09. The monoisotopic (exact) mass is 395 g/mol. The van der Waals surface area contributed by atoms with Crippen LogP contribution in [0.15, 0.2) is 54.6 Å². The minimum absolute atomic E-state index is 0.0459. The second-order valence-electron chi connectivity index (χ2n) is 8.59. The van der Waals surface area contributed by atoms with Crippen molar-refractivity contribution in [3.8, 4) is 0 Å². The molecule has 154 valence electrons. The van der Waals surface area contributed by atoms with Gasteiger partial charge in [-0.15, -0.1) is 0 Å². The Morgan fingerprint density at radius 3 is 2.28 bits per heavy atom. The number of halogens is 1. The van der Waals surface area contributed by atoms with Crippen molar-refractivity contribution < 1.29 is 13.9 Å². The number of ether oxygens (including phenoxy) is 1. The third-order valence-electron chi connectivity index (χ3n) is 6.94. The van der Waals surface area contributed by atoms with Crippen LogP contribution in [0.25, 0.3) is 0 Å². The second-order valence-corrected chi connectivity index (χ2v) is 8.59. The van der Waals surface area contributed by atoms with E-state index in [0.29, 0.717) is 19.8 Å². The SMILES string of the molecule is O=C(NCC1(c2ccccc2)CCOCC1)C1(c2cccc(F)c2)CCCCC1. The van der Waals surface area contributed by atoms with Crippen LogP contribution in [0, 0.1) is 5.82 Å². The van der Waals surface area contributed by atoms with Gasteiger partial charge >= 0.3 is 0 Å². The number of amides is 1. The van der Waals surface area contributed by atoms with Gasteiger partial charge in [-0.2, -0.15) is 0 Å². The summed E-state index contributed by atoms with van der Waals surface area (Å²) in [5.41, 5.74) is 1.35. The largest absolute Gasteiger partial charge is 0.381 e. The van der Waals surface area contributed by atoms with Crippen LogP contribution in [-0.4, -0.2) is 25.7 Å². The lowest BCUT2D eigenvalue weighted by Crippen LogP contribution is -2.51. The average Bonchev–Trinajstić information content (AvgIpc) is 2.79. The number of benzene rings is 2. The van der Waals surface area contributed by atoms with Gasteiger partial charge in [0.15, 0.2) is 0 Å². The summed E-state index contributed by atoms with van der Waals surface area (Å²) < 4.78 is 19.6. The molecule has 2 aliphatic rings. The number of carbonyl (C=O) groups is 1. The zero-order chi connectivity index (χ0) is 20.2. The van der Waals surface area contributed by atoms with Gasteiger partial charge in [-0.05, 0) is 48.9 Å². The molecular formula is C25H30FNO2. The number of hydrogen-bond acceptors (Lipinski definition) is 2. The van der Waals surface area contributed by atoms with E-state index in [-0.39, 0.29) is 17.1 Å². The van der Waals surface area contributed by atoms with Gasteiger partial charge < -0.3 is 10.1 Å². The van der Waals surface area contributed by atoms with Crippen LogP contribution in [0.2, 0.25) is 0 Å². The molecule has 0 bridgehead atoms. The molecular weight excluding hydrogens is 365 g/mol. The minimum atomic E-state index is -0.622. The molecule has 2 aromatic rings. The predicted molar refractivity (Wildman–Crippen MR) is 112 cm³/mol. The van der Waals surface area contributed by atoms with Crippen LogP contribution in [0.4, 0.5) is 4.39 Å². The van der Waals surface area contributed by atoms with E-state index < -0.39 is 5.41 Å². The number of rotatable bonds is 5. The van der Waals surface area contributed by atoms with E-state index in [0.717, 1.165) is 50.5 Å². The van der Waals surface area contributed by atoms with E-state index in [9.17, 15) is 9.18 Å². The fourth-order valence-electron chi connectivity index (χ4n) is 5.13. The fourth-order valence-corrected chi connectivity index (χ4v) is 5.13. The highest BCUT2D eigenvalue weighted by Crippen LogP contribution is 2.41. The smallest absolute Gasteiger partial charge is 0.230 e. The highest BCUT2D eigenvalue weighted by Gasteiger charge is 2.43. The predicted octanol–water partition coefficient (Wildman–Crippen LogP) is 4.89. The Bertz CT molecular complexity index is 824. The molecule has 4 rings (SSSR count). The molecule has 0 radical (unpaired) electrons. The van der Waals surface area contributed by atoms with E-state index in [1.165, 1.54) is 11.6 Å². The molecule has 1 aliphatic carbocycles. The summed E-state index contributed by atoms with van der Waals surface area (Å²) in [4.78, 5) is 13.6. The Kier molecular flexibility index (Phi) is 6.00. The summed E-state index contributed by atoms with van der Waals surface area (Å²) in [6.07, 6.45) is 6.49. The van der Waals surface area contributed by atoms with Gasteiger partial charge in [0, 0.05) is 25.2 Å². The molecule has 4 heteroatoms. The zero-order valence-electron chi connectivity index (χ0n) is 17.0. The van der Waals surface area contributed by atoms with Crippen molar-refractivity contribution in [1.29, 1.82) is 0 Å². The molecule has 29 heavy (non-hydrogen) atoms. The first-order valence-electron chi connectivity index (χ1n) is 10.8. The van der Waals surface area contributed by atoms with Gasteiger partial charge in [-0.3, -0.25) is 4.79 Å². The Morgan fingerprint density at radius 1 is 0.897 bits per heavy atom. The third-order valence-corrected chi connectivity index (χ3v) is 6.94. The molecule has 3 nitrogen and oxygen atoms in total. The van der Waals surface area contributed by atoms with Crippen molar-refractivity contribution >= 4 is 5.91 Å². The quantitative estimate of drug-likeness (QED) is 0.783. The number of nitrogens with one attached hydrogen (secondary N) is 1. The van der Waals surface area contributed by atoms with Gasteiger partial charge in [0.25, 0.3) is 0 Å². The lowest BCUT2D eigenvalue weighted by atomic mass is 9.68. The van der Waals surface area contributed by atoms with Crippen LogP contribution in [0.1, 0.15) is 56.1 Å². The highest BCUT2D eigenvalue weighted by atomic mass is 19.1. The fraction of sp³-hybridized carbons (Fsp3) is 0.480. The van der Waals surface area contributed by atoms with Gasteiger partial charge in [-0.25, -0.2) is 4.39 Å². The molecule has 0 aromatic heterocycles. The average molecular weight is 396 g/mol. The molecule has 0 spiro atoms. The lowest BCUT2D eigenvalue weighted by Gasteiger charge is -2.41.